The Morgan fingerprint density at radius 1 is 1.48 bits per heavy atom. The van der Waals surface area contributed by atoms with Crippen molar-refractivity contribution >= 4 is 15.9 Å². The Morgan fingerprint density at radius 2 is 2.24 bits per heavy atom. The summed E-state index contributed by atoms with van der Waals surface area (Å²) < 4.78 is 41.5. The van der Waals surface area contributed by atoms with E-state index in [0.717, 1.165) is 37.6 Å². The van der Waals surface area contributed by atoms with Gasteiger partial charge in [-0.1, -0.05) is 0 Å². The lowest BCUT2D eigenvalue weighted by molar-refractivity contribution is 0.0904. The van der Waals surface area contributed by atoms with Crippen molar-refractivity contribution in [2.75, 3.05) is 13.2 Å². The van der Waals surface area contributed by atoms with Crippen LogP contribution in [0.2, 0.25) is 0 Å². The first-order chi connectivity index (χ1) is 9.88. The zero-order chi connectivity index (χ0) is 15.5. The van der Waals surface area contributed by atoms with Crippen LogP contribution in [0.1, 0.15) is 29.6 Å². The molecule has 1 heterocycles. The van der Waals surface area contributed by atoms with Crippen molar-refractivity contribution < 1.29 is 22.3 Å². The van der Waals surface area contributed by atoms with Crippen LogP contribution < -0.4 is 10.5 Å². The topological polar surface area (TPSA) is 98.5 Å². The maximum atomic E-state index is 13.6. The summed E-state index contributed by atoms with van der Waals surface area (Å²) in [6.07, 6.45) is 2.71. The maximum absolute atomic E-state index is 13.6. The van der Waals surface area contributed by atoms with Gasteiger partial charge < -0.3 is 10.1 Å². The average molecular weight is 316 g/mol. The number of carbonyl (C=O) groups excluding carboxylic acids is 1. The second-order valence-electron chi connectivity index (χ2n) is 4.87. The molecular formula is C13H17FN2O4S. The van der Waals surface area contributed by atoms with Crippen molar-refractivity contribution in [3.05, 3.63) is 29.6 Å². The highest BCUT2D eigenvalue weighted by atomic mass is 32.2. The molecule has 2 rings (SSSR count). The Kier molecular flexibility index (Phi) is 4.92. The Labute approximate surface area is 122 Å². The summed E-state index contributed by atoms with van der Waals surface area (Å²) in [4.78, 5) is 11.6. The van der Waals surface area contributed by atoms with Crippen molar-refractivity contribution in [1.29, 1.82) is 0 Å². The van der Waals surface area contributed by atoms with Crippen LogP contribution in [-0.2, 0) is 14.8 Å². The van der Waals surface area contributed by atoms with Crippen LogP contribution in [0.3, 0.4) is 0 Å². The normalized spacial score (nSPS) is 18.7. The number of amides is 1. The maximum Gasteiger partial charge on any atom is 0.254 e. The number of rotatable bonds is 5. The van der Waals surface area contributed by atoms with Crippen molar-refractivity contribution in [3.63, 3.8) is 0 Å². The van der Waals surface area contributed by atoms with Gasteiger partial charge in [-0.15, -0.1) is 0 Å². The van der Waals surface area contributed by atoms with Gasteiger partial charge in [0, 0.05) is 13.2 Å². The van der Waals surface area contributed by atoms with E-state index in [4.69, 9.17) is 9.88 Å². The Morgan fingerprint density at radius 3 is 2.86 bits per heavy atom. The van der Waals surface area contributed by atoms with E-state index in [0.29, 0.717) is 13.0 Å². The summed E-state index contributed by atoms with van der Waals surface area (Å²) in [6.45, 7) is 1.06. The standard InChI is InChI=1S/C13H17FN2O4S/c14-12-4-3-10(21(15,18)19)8-11(12)13(17)16-6-5-9-2-1-7-20-9/h3-4,8-9H,1-2,5-7H2,(H,16,17)(H2,15,18,19). The molecule has 0 spiro atoms. The fourth-order valence-corrected chi connectivity index (χ4v) is 2.71. The van der Waals surface area contributed by atoms with E-state index < -0.39 is 21.7 Å². The first-order valence-corrected chi connectivity index (χ1v) is 8.15. The van der Waals surface area contributed by atoms with Crippen LogP contribution in [0.4, 0.5) is 4.39 Å². The Balaban J connectivity index is 2.01. The van der Waals surface area contributed by atoms with E-state index >= 15 is 0 Å². The minimum absolute atomic E-state index is 0.117. The third kappa shape index (κ3) is 4.23. The van der Waals surface area contributed by atoms with E-state index in [2.05, 4.69) is 5.32 Å². The van der Waals surface area contributed by atoms with E-state index in [1.165, 1.54) is 0 Å². The molecule has 1 aromatic rings. The molecule has 1 aliphatic heterocycles. The molecule has 1 aliphatic rings. The van der Waals surface area contributed by atoms with E-state index in [9.17, 15) is 17.6 Å². The minimum Gasteiger partial charge on any atom is -0.378 e. The smallest absolute Gasteiger partial charge is 0.254 e. The van der Waals surface area contributed by atoms with Crippen molar-refractivity contribution in [3.8, 4) is 0 Å². The van der Waals surface area contributed by atoms with Crippen molar-refractivity contribution in [1.82, 2.24) is 5.32 Å². The molecule has 0 radical (unpaired) electrons. The van der Waals surface area contributed by atoms with Gasteiger partial charge >= 0.3 is 0 Å². The van der Waals surface area contributed by atoms with E-state index in [1.54, 1.807) is 0 Å². The first kappa shape index (κ1) is 15.9. The van der Waals surface area contributed by atoms with Crippen LogP contribution >= 0.6 is 0 Å². The first-order valence-electron chi connectivity index (χ1n) is 6.60. The zero-order valence-corrected chi connectivity index (χ0v) is 12.2. The molecule has 3 N–H and O–H groups in total. The molecule has 116 valence electrons. The molecule has 1 unspecified atom stereocenters. The quantitative estimate of drug-likeness (QED) is 0.838. The Bertz CT molecular complexity index is 627. The number of sulfonamides is 1. The summed E-state index contributed by atoms with van der Waals surface area (Å²) in [5.41, 5.74) is -0.339. The molecule has 1 saturated heterocycles. The van der Waals surface area contributed by atoms with Crippen LogP contribution in [0.25, 0.3) is 0 Å². The third-order valence-electron chi connectivity index (χ3n) is 3.29. The summed E-state index contributed by atoms with van der Waals surface area (Å²) >= 11 is 0. The second-order valence-corrected chi connectivity index (χ2v) is 6.43. The molecule has 1 amide bonds. The molecular weight excluding hydrogens is 299 g/mol. The molecule has 1 aromatic carbocycles. The molecule has 21 heavy (non-hydrogen) atoms. The summed E-state index contributed by atoms with van der Waals surface area (Å²) in [6, 6.07) is 2.87. The summed E-state index contributed by atoms with van der Waals surface area (Å²) in [5, 5.41) is 7.51. The highest BCUT2D eigenvalue weighted by molar-refractivity contribution is 7.89. The molecule has 1 atom stereocenters. The number of ether oxygens (including phenoxy) is 1. The Hall–Kier alpha value is -1.51. The number of hydrogen-bond acceptors (Lipinski definition) is 4. The highest BCUT2D eigenvalue weighted by Gasteiger charge is 2.18. The fourth-order valence-electron chi connectivity index (χ4n) is 2.17. The monoisotopic (exact) mass is 316 g/mol. The number of benzene rings is 1. The van der Waals surface area contributed by atoms with Gasteiger partial charge in [0.15, 0.2) is 0 Å². The van der Waals surface area contributed by atoms with Gasteiger partial charge in [-0.05, 0) is 37.5 Å². The summed E-state index contributed by atoms with van der Waals surface area (Å²) in [7, 11) is -3.98. The van der Waals surface area contributed by atoms with E-state index in [-0.39, 0.29) is 16.6 Å². The molecule has 0 bridgehead atoms. The second kappa shape index (κ2) is 6.50. The van der Waals surface area contributed by atoms with E-state index in [1.807, 2.05) is 0 Å². The molecule has 0 aliphatic carbocycles. The van der Waals surface area contributed by atoms with Crippen molar-refractivity contribution in [2.24, 2.45) is 5.14 Å². The molecule has 1 fully saturated rings. The van der Waals surface area contributed by atoms with Gasteiger partial charge in [-0.3, -0.25) is 4.79 Å². The molecule has 6 nitrogen and oxygen atoms in total. The van der Waals surface area contributed by atoms with Crippen LogP contribution in [0.15, 0.2) is 23.1 Å². The predicted molar refractivity (Wildman–Crippen MR) is 73.7 cm³/mol. The van der Waals surface area contributed by atoms with Gasteiger partial charge in [0.1, 0.15) is 5.82 Å². The van der Waals surface area contributed by atoms with Gasteiger partial charge in [-0.25, -0.2) is 17.9 Å². The zero-order valence-electron chi connectivity index (χ0n) is 11.3. The van der Waals surface area contributed by atoms with Gasteiger partial charge in [0.2, 0.25) is 10.0 Å². The lowest BCUT2D eigenvalue weighted by atomic mass is 10.1. The number of primary sulfonamides is 1. The number of carbonyl (C=O) groups is 1. The average Bonchev–Trinajstić information content (AvgIpc) is 2.91. The lowest BCUT2D eigenvalue weighted by Gasteiger charge is -2.11. The lowest BCUT2D eigenvalue weighted by Crippen LogP contribution is -2.28. The third-order valence-corrected chi connectivity index (χ3v) is 4.20. The predicted octanol–water partition coefficient (Wildman–Crippen LogP) is 0.772. The largest absolute Gasteiger partial charge is 0.378 e. The molecule has 0 saturated carbocycles. The van der Waals surface area contributed by atoms with Crippen molar-refractivity contribution in [2.45, 2.75) is 30.3 Å². The van der Waals surface area contributed by atoms with Gasteiger partial charge in [0.05, 0.1) is 16.6 Å². The SMILES string of the molecule is NS(=O)(=O)c1ccc(F)c(C(=O)NCCC2CCCO2)c1. The minimum atomic E-state index is -3.98. The number of nitrogens with two attached hydrogens (primary N) is 1. The number of halogens is 1. The number of hydrogen-bond donors (Lipinski definition) is 2. The van der Waals surface area contributed by atoms with Gasteiger partial charge in [0.25, 0.3) is 5.91 Å². The van der Waals surface area contributed by atoms with Crippen LogP contribution in [0, 0.1) is 5.82 Å². The van der Waals surface area contributed by atoms with Gasteiger partial charge in [-0.2, -0.15) is 0 Å². The van der Waals surface area contributed by atoms with Crippen LogP contribution in [-0.4, -0.2) is 33.6 Å². The molecule has 8 heteroatoms. The fraction of sp³-hybridized carbons (Fsp3) is 0.462. The number of nitrogens with one attached hydrogen (secondary N) is 1. The summed E-state index contributed by atoms with van der Waals surface area (Å²) in [5.74, 6) is -1.46. The molecule has 0 aromatic heterocycles. The van der Waals surface area contributed by atoms with Crippen LogP contribution in [0.5, 0.6) is 0 Å². The highest BCUT2D eigenvalue weighted by Crippen LogP contribution is 2.16.